The molecule has 108 valence electrons. The third-order valence-corrected chi connectivity index (χ3v) is 3.80. The maximum Gasteiger partial charge on any atom is 0.318 e. The lowest BCUT2D eigenvalue weighted by molar-refractivity contribution is -0.142. The summed E-state index contributed by atoms with van der Waals surface area (Å²) in [4.78, 5) is 29.0. The molecule has 1 aliphatic heterocycles. The summed E-state index contributed by atoms with van der Waals surface area (Å²) in [5, 5.41) is 11.9. The minimum Gasteiger partial charge on any atom is -0.481 e. The minimum absolute atomic E-state index is 0.209. The van der Waals surface area contributed by atoms with Crippen molar-refractivity contribution in [3.63, 3.8) is 0 Å². The van der Waals surface area contributed by atoms with Crippen LogP contribution in [0.1, 0.15) is 32.0 Å². The predicted molar refractivity (Wildman–Crippen MR) is 73.1 cm³/mol. The van der Waals surface area contributed by atoms with Crippen LogP contribution in [-0.4, -0.2) is 39.6 Å². The average molecular weight is 277 g/mol. The second kappa shape index (κ2) is 5.90. The molecule has 0 spiro atoms. The Hall–Kier alpha value is -2.11. The van der Waals surface area contributed by atoms with E-state index in [0.29, 0.717) is 13.0 Å². The van der Waals surface area contributed by atoms with Crippen molar-refractivity contribution >= 4 is 12.0 Å². The number of hydrogen-bond donors (Lipinski definition) is 2. The Kier molecular flexibility index (Phi) is 4.22. The van der Waals surface area contributed by atoms with Crippen LogP contribution >= 0.6 is 0 Å². The fraction of sp³-hybridized carbons (Fsp3) is 0.500. The minimum atomic E-state index is -0.842. The first-order valence-corrected chi connectivity index (χ1v) is 6.71. The van der Waals surface area contributed by atoms with Crippen LogP contribution in [0.5, 0.6) is 0 Å². The summed E-state index contributed by atoms with van der Waals surface area (Å²) < 4.78 is 0. The second-order valence-corrected chi connectivity index (χ2v) is 5.09. The van der Waals surface area contributed by atoms with Crippen molar-refractivity contribution < 1.29 is 14.7 Å². The number of rotatable bonds is 3. The fourth-order valence-electron chi connectivity index (χ4n) is 2.53. The Balaban J connectivity index is 1.97. The molecule has 1 aromatic heterocycles. The van der Waals surface area contributed by atoms with Crippen molar-refractivity contribution in [3.8, 4) is 0 Å². The summed E-state index contributed by atoms with van der Waals surface area (Å²) >= 11 is 0. The van der Waals surface area contributed by atoms with Crippen LogP contribution in [0.25, 0.3) is 0 Å². The lowest BCUT2D eigenvalue weighted by Crippen LogP contribution is -2.44. The van der Waals surface area contributed by atoms with Crippen LogP contribution in [0.4, 0.5) is 4.79 Å². The van der Waals surface area contributed by atoms with Gasteiger partial charge in [-0.3, -0.25) is 9.78 Å². The summed E-state index contributed by atoms with van der Waals surface area (Å²) in [6, 6.07) is 4.79. The van der Waals surface area contributed by atoms with Crippen LogP contribution in [0.2, 0.25) is 0 Å². The van der Waals surface area contributed by atoms with E-state index in [9.17, 15) is 9.59 Å². The lowest BCUT2D eigenvalue weighted by Gasteiger charge is -2.25. The second-order valence-electron chi connectivity index (χ2n) is 5.09. The molecule has 0 saturated carbocycles. The molecule has 1 fully saturated rings. The SMILES string of the molecule is CC(NC(=O)N1CCC(C(=O)O)C1C)c1ccccn1. The van der Waals surface area contributed by atoms with Crippen molar-refractivity contribution in [1.29, 1.82) is 0 Å². The van der Waals surface area contributed by atoms with E-state index in [4.69, 9.17) is 5.11 Å². The van der Waals surface area contributed by atoms with Gasteiger partial charge in [0.05, 0.1) is 17.7 Å². The number of nitrogens with one attached hydrogen (secondary N) is 1. The molecular formula is C14H19N3O3. The van der Waals surface area contributed by atoms with Gasteiger partial charge in [0.2, 0.25) is 0 Å². The van der Waals surface area contributed by atoms with E-state index < -0.39 is 11.9 Å². The molecule has 1 saturated heterocycles. The van der Waals surface area contributed by atoms with Crippen LogP contribution in [0, 0.1) is 5.92 Å². The summed E-state index contributed by atoms with van der Waals surface area (Å²) in [5.74, 6) is -1.32. The van der Waals surface area contributed by atoms with Gasteiger partial charge in [-0.2, -0.15) is 0 Å². The number of hydrogen-bond acceptors (Lipinski definition) is 3. The van der Waals surface area contributed by atoms with Crippen LogP contribution in [0.3, 0.4) is 0 Å². The first-order chi connectivity index (χ1) is 9.50. The average Bonchev–Trinajstić information content (AvgIpc) is 2.81. The van der Waals surface area contributed by atoms with Crippen LogP contribution < -0.4 is 5.32 Å². The number of carbonyl (C=O) groups is 2. The summed E-state index contributed by atoms with van der Waals surface area (Å²) in [6.45, 7) is 4.10. The number of pyridine rings is 1. The Morgan fingerprint density at radius 3 is 2.80 bits per heavy atom. The number of likely N-dealkylation sites (tertiary alicyclic amines) is 1. The zero-order valence-corrected chi connectivity index (χ0v) is 11.6. The van der Waals surface area contributed by atoms with Gasteiger partial charge in [0.1, 0.15) is 0 Å². The highest BCUT2D eigenvalue weighted by atomic mass is 16.4. The smallest absolute Gasteiger partial charge is 0.318 e. The van der Waals surface area contributed by atoms with E-state index in [1.807, 2.05) is 25.1 Å². The third-order valence-electron chi connectivity index (χ3n) is 3.80. The highest BCUT2D eigenvalue weighted by Crippen LogP contribution is 2.24. The molecule has 3 unspecified atom stereocenters. The van der Waals surface area contributed by atoms with Gasteiger partial charge in [0, 0.05) is 18.8 Å². The molecule has 0 aliphatic carbocycles. The molecule has 2 amide bonds. The first-order valence-electron chi connectivity index (χ1n) is 6.71. The normalized spacial score (nSPS) is 23.4. The summed E-state index contributed by atoms with van der Waals surface area (Å²) in [5.41, 5.74) is 0.780. The topological polar surface area (TPSA) is 82.5 Å². The quantitative estimate of drug-likeness (QED) is 0.880. The van der Waals surface area contributed by atoms with E-state index in [0.717, 1.165) is 5.69 Å². The molecule has 2 N–H and O–H groups in total. The van der Waals surface area contributed by atoms with Gasteiger partial charge in [0.15, 0.2) is 0 Å². The third kappa shape index (κ3) is 2.89. The van der Waals surface area contributed by atoms with Crippen LogP contribution in [-0.2, 0) is 4.79 Å². The lowest BCUT2D eigenvalue weighted by atomic mass is 10.0. The number of carboxylic acids is 1. The maximum absolute atomic E-state index is 12.2. The molecule has 20 heavy (non-hydrogen) atoms. The molecule has 0 bridgehead atoms. The highest BCUT2D eigenvalue weighted by Gasteiger charge is 2.38. The molecule has 1 aliphatic rings. The summed E-state index contributed by atoms with van der Waals surface area (Å²) in [7, 11) is 0. The van der Waals surface area contributed by atoms with Gasteiger partial charge in [0.25, 0.3) is 0 Å². The molecule has 1 aromatic rings. The zero-order chi connectivity index (χ0) is 14.7. The zero-order valence-electron chi connectivity index (χ0n) is 11.6. The molecule has 6 nitrogen and oxygen atoms in total. The molecular weight excluding hydrogens is 258 g/mol. The van der Waals surface area contributed by atoms with Gasteiger partial charge in [-0.1, -0.05) is 6.07 Å². The number of aromatic nitrogens is 1. The van der Waals surface area contributed by atoms with Gasteiger partial charge < -0.3 is 15.3 Å². The molecule has 0 aromatic carbocycles. The van der Waals surface area contributed by atoms with Crippen molar-refractivity contribution in [2.24, 2.45) is 5.92 Å². The van der Waals surface area contributed by atoms with Crippen molar-refractivity contribution in [2.45, 2.75) is 32.4 Å². The summed E-state index contributed by atoms with van der Waals surface area (Å²) in [6.07, 6.45) is 2.18. The number of nitrogens with zero attached hydrogens (tertiary/aromatic N) is 2. The molecule has 2 rings (SSSR count). The van der Waals surface area contributed by atoms with Crippen molar-refractivity contribution in [2.75, 3.05) is 6.54 Å². The van der Waals surface area contributed by atoms with E-state index in [2.05, 4.69) is 10.3 Å². The Morgan fingerprint density at radius 2 is 2.25 bits per heavy atom. The van der Waals surface area contributed by atoms with Gasteiger partial charge in [-0.15, -0.1) is 0 Å². The van der Waals surface area contributed by atoms with Gasteiger partial charge in [-0.25, -0.2) is 4.79 Å². The number of amides is 2. The molecule has 2 heterocycles. The Morgan fingerprint density at radius 1 is 1.50 bits per heavy atom. The largest absolute Gasteiger partial charge is 0.481 e. The maximum atomic E-state index is 12.2. The van der Waals surface area contributed by atoms with Crippen LogP contribution in [0.15, 0.2) is 24.4 Å². The van der Waals surface area contributed by atoms with E-state index in [1.165, 1.54) is 0 Å². The molecule has 0 radical (unpaired) electrons. The number of urea groups is 1. The van der Waals surface area contributed by atoms with E-state index >= 15 is 0 Å². The van der Waals surface area contributed by atoms with E-state index in [1.54, 1.807) is 18.0 Å². The first kappa shape index (κ1) is 14.3. The van der Waals surface area contributed by atoms with Crippen molar-refractivity contribution in [1.82, 2.24) is 15.2 Å². The number of carbonyl (C=O) groups excluding carboxylic acids is 1. The monoisotopic (exact) mass is 277 g/mol. The number of aliphatic carboxylic acids is 1. The number of carboxylic acid groups (broad SMARTS) is 1. The Bertz CT molecular complexity index is 492. The Labute approximate surface area is 117 Å². The fourth-order valence-corrected chi connectivity index (χ4v) is 2.53. The van der Waals surface area contributed by atoms with Gasteiger partial charge in [-0.05, 0) is 32.4 Å². The van der Waals surface area contributed by atoms with E-state index in [-0.39, 0.29) is 18.1 Å². The standard InChI is InChI=1S/C14H19N3O3/c1-9(12-5-3-4-7-15-12)16-14(20)17-8-6-11(10(17)2)13(18)19/h3-5,7,9-11H,6,8H2,1-2H3,(H,16,20)(H,18,19). The van der Waals surface area contributed by atoms with Crippen molar-refractivity contribution in [3.05, 3.63) is 30.1 Å². The predicted octanol–water partition coefficient (Wildman–Crippen LogP) is 1.65. The highest BCUT2D eigenvalue weighted by molar-refractivity contribution is 5.78. The van der Waals surface area contributed by atoms with Gasteiger partial charge >= 0.3 is 12.0 Å². The molecule has 3 atom stereocenters. The molecule has 6 heteroatoms.